The molecule has 6 nitrogen and oxygen atoms in total. The van der Waals surface area contributed by atoms with Gasteiger partial charge in [0.15, 0.2) is 18.1 Å². The van der Waals surface area contributed by atoms with Crippen LogP contribution < -0.4 is 24.8 Å². The van der Waals surface area contributed by atoms with Crippen LogP contribution in [0.1, 0.15) is 11.1 Å². The van der Waals surface area contributed by atoms with Gasteiger partial charge in [-0.25, -0.2) is 0 Å². The molecule has 0 unspecified atom stereocenters. The fourth-order valence-corrected chi connectivity index (χ4v) is 2.91. The van der Waals surface area contributed by atoms with E-state index in [1.807, 2.05) is 73.7 Å². The molecule has 6 heteroatoms. The number of amides is 1. The van der Waals surface area contributed by atoms with Gasteiger partial charge in [0.05, 0.1) is 0 Å². The van der Waals surface area contributed by atoms with Crippen molar-refractivity contribution in [2.24, 2.45) is 0 Å². The first-order valence-corrected chi connectivity index (χ1v) is 9.37. The van der Waals surface area contributed by atoms with E-state index >= 15 is 0 Å². The standard InChI is InChI=1S/C23H22N2O4/c1-16-2-9-20(10-3-16)27-14-23(26)25-19-7-5-18(6-8-19)24-13-17-4-11-21-22(12-17)29-15-28-21/h2-12,24H,13-15H2,1H3,(H,25,26). The summed E-state index contributed by atoms with van der Waals surface area (Å²) in [5, 5.41) is 6.18. The molecule has 29 heavy (non-hydrogen) atoms. The van der Waals surface area contributed by atoms with Gasteiger partial charge in [-0.2, -0.15) is 0 Å². The lowest BCUT2D eigenvalue weighted by Crippen LogP contribution is -2.20. The lowest BCUT2D eigenvalue weighted by molar-refractivity contribution is -0.118. The monoisotopic (exact) mass is 390 g/mol. The van der Waals surface area contributed by atoms with Crippen LogP contribution in [-0.4, -0.2) is 19.3 Å². The highest BCUT2D eigenvalue weighted by Crippen LogP contribution is 2.32. The van der Waals surface area contributed by atoms with E-state index in [-0.39, 0.29) is 19.3 Å². The lowest BCUT2D eigenvalue weighted by Gasteiger charge is -2.10. The van der Waals surface area contributed by atoms with Crippen LogP contribution in [0.4, 0.5) is 11.4 Å². The fourth-order valence-electron chi connectivity index (χ4n) is 2.91. The first-order valence-electron chi connectivity index (χ1n) is 9.37. The molecule has 0 spiro atoms. The molecule has 0 saturated heterocycles. The van der Waals surface area contributed by atoms with Crippen LogP contribution >= 0.6 is 0 Å². The number of aryl methyl sites for hydroxylation is 1. The molecule has 0 atom stereocenters. The van der Waals surface area contributed by atoms with Crippen molar-refractivity contribution in [3.63, 3.8) is 0 Å². The third kappa shape index (κ3) is 4.99. The maximum atomic E-state index is 12.1. The number of rotatable bonds is 7. The van der Waals surface area contributed by atoms with Gasteiger partial charge in [0, 0.05) is 17.9 Å². The van der Waals surface area contributed by atoms with Crippen LogP contribution in [0, 0.1) is 6.92 Å². The maximum absolute atomic E-state index is 12.1. The summed E-state index contributed by atoms with van der Waals surface area (Å²) in [5.74, 6) is 2.02. The summed E-state index contributed by atoms with van der Waals surface area (Å²) >= 11 is 0. The zero-order chi connectivity index (χ0) is 20.1. The number of carbonyl (C=O) groups excluding carboxylic acids is 1. The Balaban J connectivity index is 1.25. The number of carbonyl (C=O) groups is 1. The quantitative estimate of drug-likeness (QED) is 0.628. The average molecular weight is 390 g/mol. The van der Waals surface area contributed by atoms with Crippen LogP contribution in [0.3, 0.4) is 0 Å². The van der Waals surface area contributed by atoms with Crippen molar-refractivity contribution in [2.45, 2.75) is 13.5 Å². The van der Waals surface area contributed by atoms with Gasteiger partial charge in [0.1, 0.15) is 5.75 Å². The number of hydrogen-bond acceptors (Lipinski definition) is 5. The highest BCUT2D eigenvalue weighted by molar-refractivity contribution is 5.92. The summed E-state index contributed by atoms with van der Waals surface area (Å²) < 4.78 is 16.2. The van der Waals surface area contributed by atoms with Gasteiger partial charge in [-0.1, -0.05) is 23.8 Å². The second kappa shape index (κ2) is 8.56. The van der Waals surface area contributed by atoms with Gasteiger partial charge < -0.3 is 24.8 Å². The van der Waals surface area contributed by atoms with Crippen molar-refractivity contribution >= 4 is 17.3 Å². The molecule has 1 aliphatic rings. The topological polar surface area (TPSA) is 68.8 Å². The van der Waals surface area contributed by atoms with Crippen LogP contribution in [0.15, 0.2) is 66.7 Å². The van der Waals surface area contributed by atoms with E-state index in [2.05, 4.69) is 10.6 Å². The van der Waals surface area contributed by atoms with Crippen LogP contribution in [0.5, 0.6) is 17.2 Å². The Bertz CT molecular complexity index is 985. The molecule has 1 heterocycles. The van der Waals surface area contributed by atoms with E-state index in [9.17, 15) is 4.79 Å². The second-order valence-corrected chi connectivity index (χ2v) is 6.77. The predicted octanol–water partition coefficient (Wildman–Crippen LogP) is 4.35. The summed E-state index contributed by atoms with van der Waals surface area (Å²) in [5.41, 5.74) is 3.92. The largest absolute Gasteiger partial charge is 0.484 e. The number of ether oxygens (including phenoxy) is 3. The van der Waals surface area contributed by atoms with Crippen LogP contribution in [0.25, 0.3) is 0 Å². The minimum absolute atomic E-state index is 0.0345. The molecule has 0 aliphatic carbocycles. The lowest BCUT2D eigenvalue weighted by atomic mass is 10.2. The Morgan fingerprint density at radius 1 is 0.931 bits per heavy atom. The van der Waals surface area contributed by atoms with Gasteiger partial charge >= 0.3 is 0 Å². The van der Waals surface area contributed by atoms with Crippen molar-refractivity contribution in [2.75, 3.05) is 24.0 Å². The third-order valence-electron chi connectivity index (χ3n) is 4.49. The Labute approximate surface area is 169 Å². The zero-order valence-corrected chi connectivity index (χ0v) is 16.1. The predicted molar refractivity (Wildman–Crippen MR) is 112 cm³/mol. The summed E-state index contributed by atoms with van der Waals surface area (Å²) in [6, 6.07) is 21.0. The summed E-state index contributed by atoms with van der Waals surface area (Å²) in [4.78, 5) is 12.1. The third-order valence-corrected chi connectivity index (χ3v) is 4.49. The first-order chi connectivity index (χ1) is 14.2. The molecule has 148 valence electrons. The number of hydrogen-bond donors (Lipinski definition) is 2. The molecule has 1 amide bonds. The number of nitrogens with one attached hydrogen (secondary N) is 2. The molecule has 2 N–H and O–H groups in total. The normalized spacial score (nSPS) is 11.8. The summed E-state index contributed by atoms with van der Waals surface area (Å²) in [6.07, 6.45) is 0. The van der Waals surface area contributed by atoms with Crippen molar-refractivity contribution < 1.29 is 19.0 Å². The molecule has 0 fully saturated rings. The zero-order valence-electron chi connectivity index (χ0n) is 16.1. The molecule has 0 saturated carbocycles. The Morgan fingerprint density at radius 2 is 1.66 bits per heavy atom. The minimum Gasteiger partial charge on any atom is -0.484 e. The van der Waals surface area contributed by atoms with Gasteiger partial charge in [-0.15, -0.1) is 0 Å². The fraction of sp³-hybridized carbons (Fsp3) is 0.174. The van der Waals surface area contributed by atoms with Gasteiger partial charge in [0.2, 0.25) is 6.79 Å². The molecule has 0 bridgehead atoms. The van der Waals surface area contributed by atoms with Crippen LogP contribution in [-0.2, 0) is 11.3 Å². The number of anilines is 2. The molecule has 0 radical (unpaired) electrons. The summed E-state index contributed by atoms with van der Waals surface area (Å²) in [7, 11) is 0. The maximum Gasteiger partial charge on any atom is 0.262 e. The number of benzene rings is 3. The molecule has 3 aromatic rings. The molecule has 4 rings (SSSR count). The van der Waals surface area contributed by atoms with E-state index in [0.29, 0.717) is 12.3 Å². The van der Waals surface area contributed by atoms with E-state index < -0.39 is 0 Å². The van der Waals surface area contributed by atoms with Crippen molar-refractivity contribution in [1.29, 1.82) is 0 Å². The van der Waals surface area contributed by atoms with Gasteiger partial charge in [0.25, 0.3) is 5.91 Å². The Kier molecular flexibility index (Phi) is 5.52. The van der Waals surface area contributed by atoms with Crippen molar-refractivity contribution in [3.05, 3.63) is 77.9 Å². The highest BCUT2D eigenvalue weighted by Gasteiger charge is 2.13. The van der Waals surface area contributed by atoms with E-state index in [0.717, 1.165) is 34.0 Å². The van der Waals surface area contributed by atoms with Crippen molar-refractivity contribution in [1.82, 2.24) is 0 Å². The van der Waals surface area contributed by atoms with E-state index in [1.165, 1.54) is 0 Å². The van der Waals surface area contributed by atoms with Crippen molar-refractivity contribution in [3.8, 4) is 17.2 Å². The SMILES string of the molecule is Cc1ccc(OCC(=O)Nc2ccc(NCc3ccc4c(c3)OCO4)cc2)cc1. The molecular formula is C23H22N2O4. The summed E-state index contributed by atoms with van der Waals surface area (Å²) in [6.45, 7) is 2.90. The second-order valence-electron chi connectivity index (χ2n) is 6.77. The van der Waals surface area contributed by atoms with E-state index in [4.69, 9.17) is 14.2 Å². The average Bonchev–Trinajstić information content (AvgIpc) is 3.21. The molecule has 0 aromatic heterocycles. The molecule has 3 aromatic carbocycles. The molecular weight excluding hydrogens is 368 g/mol. The Hall–Kier alpha value is -3.67. The highest BCUT2D eigenvalue weighted by atomic mass is 16.7. The number of fused-ring (bicyclic) bond motifs is 1. The minimum atomic E-state index is -0.202. The Morgan fingerprint density at radius 3 is 2.45 bits per heavy atom. The van der Waals surface area contributed by atoms with Gasteiger partial charge in [-0.05, 0) is 61.0 Å². The smallest absolute Gasteiger partial charge is 0.262 e. The van der Waals surface area contributed by atoms with Gasteiger partial charge in [-0.3, -0.25) is 4.79 Å². The first kappa shape index (κ1) is 18.7. The van der Waals surface area contributed by atoms with E-state index in [1.54, 1.807) is 0 Å². The van der Waals surface area contributed by atoms with Crippen LogP contribution in [0.2, 0.25) is 0 Å². The molecule has 1 aliphatic heterocycles.